The van der Waals surface area contributed by atoms with Crippen LogP contribution in [0.15, 0.2) is 235 Å². The van der Waals surface area contributed by atoms with Gasteiger partial charge in [-0.1, -0.05) is 200 Å². The van der Waals surface area contributed by atoms with Gasteiger partial charge >= 0.3 is 0 Å². The molecule has 0 radical (unpaired) electrons. The molecule has 0 bridgehead atoms. The number of hydrogen-bond acceptors (Lipinski definition) is 1. The molecule has 13 aromatic rings. The summed E-state index contributed by atoms with van der Waals surface area (Å²) in [6.07, 6.45) is 0. The Hall–Kier alpha value is -8.26. The van der Waals surface area contributed by atoms with Crippen LogP contribution in [0.5, 0.6) is 0 Å². The number of furan rings is 1. The van der Waals surface area contributed by atoms with Crippen molar-refractivity contribution in [1.29, 1.82) is 0 Å². The number of hydrogen-bond donors (Lipinski definition) is 0. The summed E-state index contributed by atoms with van der Waals surface area (Å²) in [5.41, 5.74) is 13.7. The molecule has 1 aromatic heterocycles. The highest BCUT2D eigenvalue weighted by atomic mass is 16.3. The lowest BCUT2D eigenvalue weighted by atomic mass is 9.84. The summed E-state index contributed by atoms with van der Waals surface area (Å²) in [7, 11) is 0. The lowest BCUT2D eigenvalue weighted by Gasteiger charge is -2.19. The Kier molecular flexibility index (Phi) is 7.98. The molecule has 0 amide bonds. The van der Waals surface area contributed by atoms with Crippen LogP contribution in [-0.2, 0) is 0 Å². The first kappa shape index (κ1) is 35.5. The van der Waals surface area contributed by atoms with E-state index in [9.17, 15) is 0 Å². The van der Waals surface area contributed by atoms with Crippen molar-refractivity contribution >= 4 is 75.8 Å². The van der Waals surface area contributed by atoms with E-state index in [0.717, 1.165) is 33.1 Å². The maximum Gasteiger partial charge on any atom is 0.143 e. The summed E-state index contributed by atoms with van der Waals surface area (Å²) in [5, 5.41) is 14.5. The lowest BCUT2D eigenvalue weighted by molar-refractivity contribution is 0.670. The van der Waals surface area contributed by atoms with Crippen molar-refractivity contribution in [2.75, 3.05) is 0 Å². The minimum absolute atomic E-state index is 0.900. The number of benzene rings is 12. The highest BCUT2D eigenvalue weighted by Crippen LogP contribution is 2.48. The van der Waals surface area contributed by atoms with Gasteiger partial charge in [0.05, 0.1) is 0 Å². The fraction of sp³-hybridized carbons (Fsp3) is 0. The summed E-state index contributed by atoms with van der Waals surface area (Å²) >= 11 is 0. The molecule has 1 heterocycles. The van der Waals surface area contributed by atoms with E-state index in [1.54, 1.807) is 0 Å². The smallest absolute Gasteiger partial charge is 0.143 e. The number of rotatable bonds is 5. The molecular formula is C62H38O. The Balaban J connectivity index is 1.05. The van der Waals surface area contributed by atoms with E-state index < -0.39 is 0 Å². The van der Waals surface area contributed by atoms with E-state index in [0.29, 0.717) is 0 Å². The van der Waals surface area contributed by atoms with Crippen LogP contribution in [0.2, 0.25) is 0 Å². The van der Waals surface area contributed by atoms with E-state index >= 15 is 0 Å². The zero-order valence-corrected chi connectivity index (χ0v) is 34.3. The van der Waals surface area contributed by atoms with Gasteiger partial charge in [-0.15, -0.1) is 0 Å². The molecule has 0 unspecified atom stereocenters. The number of fused-ring (bicyclic) bond motifs is 8. The van der Waals surface area contributed by atoms with Crippen molar-refractivity contribution in [2.24, 2.45) is 0 Å². The molecule has 1 heteroatoms. The fourth-order valence-corrected chi connectivity index (χ4v) is 10.2. The van der Waals surface area contributed by atoms with Gasteiger partial charge in [-0.2, -0.15) is 0 Å². The Morgan fingerprint density at radius 1 is 0.206 bits per heavy atom. The third-order valence-corrected chi connectivity index (χ3v) is 13.2. The molecular weight excluding hydrogens is 761 g/mol. The molecule has 0 aliphatic rings. The molecule has 0 atom stereocenters. The predicted octanol–water partition coefficient (Wildman–Crippen LogP) is 17.7. The van der Waals surface area contributed by atoms with E-state index in [1.165, 1.54) is 98.4 Å². The van der Waals surface area contributed by atoms with Gasteiger partial charge in [-0.3, -0.25) is 0 Å². The van der Waals surface area contributed by atoms with Crippen molar-refractivity contribution in [3.63, 3.8) is 0 Å². The third-order valence-electron chi connectivity index (χ3n) is 13.2. The average Bonchev–Trinajstić information content (AvgIpc) is 3.72. The summed E-state index contributed by atoms with van der Waals surface area (Å²) in [5.74, 6) is 0. The molecule has 12 aromatic carbocycles. The van der Waals surface area contributed by atoms with E-state index in [-0.39, 0.29) is 0 Å². The maximum atomic E-state index is 6.79. The first-order chi connectivity index (χ1) is 31.2. The van der Waals surface area contributed by atoms with Gasteiger partial charge in [0, 0.05) is 16.3 Å². The van der Waals surface area contributed by atoms with Gasteiger partial charge in [-0.25, -0.2) is 0 Å². The topological polar surface area (TPSA) is 13.1 Å². The third kappa shape index (κ3) is 5.78. The standard InChI is InChI=1S/C62H38O/c1-3-13-45-35-47(31-25-39(45)11-1)41-21-27-43(28-22-41)59-53-18-7-8-19-54(53)60(44-29-23-42(24-30-44)48-32-26-40-12-2-4-14-46(40)36-48)56-38-50(33-34-55(56)59)61-51-16-6-5-15-49(51)37-57-52-17-9-10-20-58(52)63-62(57)61/h1-38H. The van der Waals surface area contributed by atoms with E-state index in [1.807, 2.05) is 0 Å². The first-order valence-corrected chi connectivity index (χ1v) is 21.7. The molecule has 1 nitrogen and oxygen atoms in total. The molecule has 63 heavy (non-hydrogen) atoms. The van der Waals surface area contributed by atoms with Gasteiger partial charge in [0.25, 0.3) is 0 Å². The monoisotopic (exact) mass is 798 g/mol. The van der Waals surface area contributed by atoms with Crippen LogP contribution in [0, 0.1) is 0 Å². The zero-order valence-electron chi connectivity index (χ0n) is 34.3. The Labute approximate surface area is 364 Å². The normalized spacial score (nSPS) is 11.8. The second kappa shape index (κ2) is 14.2. The van der Waals surface area contributed by atoms with Crippen molar-refractivity contribution in [2.45, 2.75) is 0 Å². The van der Waals surface area contributed by atoms with Crippen molar-refractivity contribution in [3.8, 4) is 55.6 Å². The largest absolute Gasteiger partial charge is 0.455 e. The van der Waals surface area contributed by atoms with Gasteiger partial charge in [-0.05, 0) is 134 Å². The maximum absolute atomic E-state index is 6.79. The second-order valence-electron chi connectivity index (χ2n) is 16.8. The highest BCUT2D eigenvalue weighted by Gasteiger charge is 2.21. The molecule has 0 fully saturated rings. The van der Waals surface area contributed by atoms with Gasteiger partial charge < -0.3 is 4.42 Å². The van der Waals surface area contributed by atoms with Crippen LogP contribution < -0.4 is 0 Å². The van der Waals surface area contributed by atoms with E-state index in [4.69, 9.17) is 4.42 Å². The van der Waals surface area contributed by atoms with Crippen LogP contribution in [0.4, 0.5) is 0 Å². The lowest BCUT2D eigenvalue weighted by Crippen LogP contribution is -1.92. The van der Waals surface area contributed by atoms with Crippen LogP contribution >= 0.6 is 0 Å². The van der Waals surface area contributed by atoms with Crippen molar-refractivity contribution in [1.82, 2.24) is 0 Å². The first-order valence-electron chi connectivity index (χ1n) is 21.7. The molecule has 0 aliphatic heterocycles. The fourth-order valence-electron chi connectivity index (χ4n) is 10.2. The second-order valence-corrected chi connectivity index (χ2v) is 16.8. The van der Waals surface area contributed by atoms with E-state index in [2.05, 4.69) is 231 Å². The number of para-hydroxylation sites is 1. The molecule has 0 saturated heterocycles. The van der Waals surface area contributed by atoms with Crippen LogP contribution in [0.25, 0.3) is 131 Å². The summed E-state index contributed by atoms with van der Waals surface area (Å²) < 4.78 is 6.79. The van der Waals surface area contributed by atoms with Crippen molar-refractivity contribution in [3.05, 3.63) is 231 Å². The predicted molar refractivity (Wildman–Crippen MR) is 268 cm³/mol. The zero-order chi connectivity index (χ0) is 41.4. The minimum Gasteiger partial charge on any atom is -0.455 e. The van der Waals surface area contributed by atoms with Gasteiger partial charge in [0.1, 0.15) is 11.2 Å². The van der Waals surface area contributed by atoms with Crippen molar-refractivity contribution < 1.29 is 4.42 Å². The molecule has 292 valence electrons. The molecule has 0 aliphatic carbocycles. The Bertz CT molecular complexity index is 3940. The molecule has 0 saturated carbocycles. The highest BCUT2D eigenvalue weighted by molar-refractivity contribution is 6.24. The quantitative estimate of drug-likeness (QED) is 0.158. The molecule has 0 N–H and O–H groups in total. The summed E-state index contributed by atoms with van der Waals surface area (Å²) in [6, 6.07) is 84.5. The van der Waals surface area contributed by atoms with Crippen LogP contribution in [0.3, 0.4) is 0 Å². The minimum atomic E-state index is 0.900. The Morgan fingerprint density at radius 3 is 1.24 bits per heavy atom. The SMILES string of the molecule is c1ccc2cc(-c3ccc(-c4c5ccccc5c(-c5ccc(-c6ccc7ccccc7c6)cc5)c5cc(-c6c7ccccc7cc7c6oc6ccccc67)ccc45)cc3)ccc2c1. The Morgan fingerprint density at radius 2 is 0.635 bits per heavy atom. The average molecular weight is 799 g/mol. The molecule has 0 spiro atoms. The van der Waals surface area contributed by atoms with Gasteiger partial charge in [0.2, 0.25) is 0 Å². The van der Waals surface area contributed by atoms with Gasteiger partial charge in [0.15, 0.2) is 0 Å². The molecule has 13 rings (SSSR count). The van der Waals surface area contributed by atoms with Crippen LogP contribution in [0.1, 0.15) is 0 Å². The summed E-state index contributed by atoms with van der Waals surface area (Å²) in [6.45, 7) is 0. The van der Waals surface area contributed by atoms with Crippen LogP contribution in [-0.4, -0.2) is 0 Å². The summed E-state index contributed by atoms with van der Waals surface area (Å²) in [4.78, 5) is 0.